The minimum absolute atomic E-state index is 0.319. The van der Waals surface area contributed by atoms with Crippen LogP contribution in [-0.2, 0) is 4.79 Å². The summed E-state index contributed by atoms with van der Waals surface area (Å²) in [5.41, 5.74) is 5.32. The highest BCUT2D eigenvalue weighted by atomic mass is 31.0. The monoisotopic (exact) mass is 185 g/mol. The van der Waals surface area contributed by atoms with Crippen LogP contribution in [0.3, 0.4) is 0 Å². The normalized spacial score (nSPS) is 12.5. The molecule has 64 valence electrons. The minimum atomic E-state index is -0.439. The van der Waals surface area contributed by atoms with E-state index in [0.29, 0.717) is 5.56 Å². The first-order chi connectivity index (χ1) is 5.61. The Morgan fingerprint density at radius 1 is 1.42 bits per heavy atom. The molecule has 0 spiro atoms. The molecule has 0 radical (unpaired) electrons. The summed E-state index contributed by atoms with van der Waals surface area (Å²) in [6, 6.07) is 5.68. The maximum absolute atomic E-state index is 12.4. The second-order valence-electron chi connectivity index (χ2n) is 2.43. The molecule has 0 saturated carbocycles. The molecule has 1 amide bonds. The van der Waals surface area contributed by atoms with Gasteiger partial charge >= 0.3 is 0 Å². The average molecular weight is 185 g/mol. The van der Waals surface area contributed by atoms with Gasteiger partial charge in [0.25, 0.3) is 0 Å². The van der Waals surface area contributed by atoms with Crippen LogP contribution in [0.25, 0.3) is 0 Å². The number of halogens is 1. The number of primary amides is 1. The van der Waals surface area contributed by atoms with Crippen LogP contribution < -0.4 is 5.73 Å². The molecule has 2 nitrogen and oxygen atoms in total. The molecule has 0 aromatic heterocycles. The molecule has 4 heteroatoms. The maximum atomic E-state index is 12.4. The Hall–Kier alpha value is -0.950. The molecule has 0 aliphatic heterocycles. The van der Waals surface area contributed by atoms with Crippen LogP contribution >= 0.6 is 9.24 Å². The molecular formula is C8H9FNOP. The molecule has 2 atom stereocenters. The van der Waals surface area contributed by atoms with Gasteiger partial charge in [0.05, 0.1) is 5.66 Å². The molecule has 2 unspecified atom stereocenters. The van der Waals surface area contributed by atoms with E-state index in [-0.39, 0.29) is 5.82 Å². The van der Waals surface area contributed by atoms with Gasteiger partial charge in [-0.15, -0.1) is 9.24 Å². The summed E-state index contributed by atoms with van der Waals surface area (Å²) >= 11 is 0. The summed E-state index contributed by atoms with van der Waals surface area (Å²) < 4.78 is 12.4. The fourth-order valence-corrected chi connectivity index (χ4v) is 1.06. The van der Waals surface area contributed by atoms with Crippen molar-refractivity contribution in [3.8, 4) is 0 Å². The third-order valence-corrected chi connectivity index (χ3v) is 2.25. The smallest absolute Gasteiger partial charge is 0.228 e. The van der Waals surface area contributed by atoms with Crippen molar-refractivity contribution >= 4 is 15.1 Å². The largest absolute Gasteiger partial charge is 0.369 e. The highest BCUT2D eigenvalue weighted by molar-refractivity contribution is 7.19. The van der Waals surface area contributed by atoms with E-state index in [0.717, 1.165) is 0 Å². The van der Waals surface area contributed by atoms with Crippen LogP contribution in [0.5, 0.6) is 0 Å². The first kappa shape index (κ1) is 9.14. The number of carbonyl (C=O) groups excluding carboxylic acids is 1. The second-order valence-corrected chi connectivity index (χ2v) is 3.10. The van der Waals surface area contributed by atoms with Gasteiger partial charge in [0.2, 0.25) is 5.91 Å². The van der Waals surface area contributed by atoms with Gasteiger partial charge < -0.3 is 5.73 Å². The Bertz CT molecular complexity index is 286. The summed E-state index contributed by atoms with van der Waals surface area (Å²) in [7, 11) is 2.31. The lowest BCUT2D eigenvalue weighted by Gasteiger charge is -2.05. The van der Waals surface area contributed by atoms with Crippen molar-refractivity contribution in [2.24, 2.45) is 5.73 Å². The van der Waals surface area contributed by atoms with Crippen LogP contribution in [-0.4, -0.2) is 5.91 Å². The molecule has 0 heterocycles. The Balaban J connectivity index is 2.89. The Kier molecular flexibility index (Phi) is 2.77. The lowest BCUT2D eigenvalue weighted by Crippen LogP contribution is -2.16. The predicted molar refractivity (Wildman–Crippen MR) is 48.0 cm³/mol. The van der Waals surface area contributed by atoms with Gasteiger partial charge in [-0.2, -0.15) is 0 Å². The van der Waals surface area contributed by atoms with Crippen LogP contribution in [0.4, 0.5) is 4.39 Å². The first-order valence-corrected chi connectivity index (χ1v) is 4.08. The molecular weight excluding hydrogens is 176 g/mol. The van der Waals surface area contributed by atoms with Crippen LogP contribution in [0, 0.1) is 5.82 Å². The number of hydrogen-bond acceptors (Lipinski definition) is 1. The van der Waals surface area contributed by atoms with E-state index in [2.05, 4.69) is 9.24 Å². The first-order valence-electron chi connectivity index (χ1n) is 3.41. The van der Waals surface area contributed by atoms with E-state index >= 15 is 0 Å². The Morgan fingerprint density at radius 3 is 2.33 bits per heavy atom. The SMILES string of the molecule is NC(=O)C(P)c1ccc(F)cc1. The van der Waals surface area contributed by atoms with Crippen molar-refractivity contribution in [2.75, 3.05) is 0 Å². The Labute approximate surface area is 72.2 Å². The van der Waals surface area contributed by atoms with Crippen molar-refractivity contribution in [3.05, 3.63) is 35.6 Å². The highest BCUT2D eigenvalue weighted by Crippen LogP contribution is 2.21. The number of nitrogens with two attached hydrogens (primary N) is 1. The lowest BCUT2D eigenvalue weighted by atomic mass is 10.1. The standard InChI is InChI=1S/C8H9FNOP/c9-6-3-1-5(2-4-6)7(12)8(10)11/h1-4,7H,12H2,(H2,10,11). The third kappa shape index (κ3) is 2.02. The number of benzene rings is 1. The minimum Gasteiger partial charge on any atom is -0.369 e. The van der Waals surface area contributed by atoms with E-state index in [4.69, 9.17) is 5.73 Å². The third-order valence-electron chi connectivity index (χ3n) is 1.54. The lowest BCUT2D eigenvalue weighted by molar-refractivity contribution is -0.117. The summed E-state index contributed by atoms with van der Waals surface area (Å²) in [5.74, 6) is -0.757. The van der Waals surface area contributed by atoms with Gasteiger partial charge in [-0.25, -0.2) is 4.39 Å². The van der Waals surface area contributed by atoms with E-state index in [1.54, 1.807) is 0 Å². The quantitative estimate of drug-likeness (QED) is 0.692. The van der Waals surface area contributed by atoms with Crippen molar-refractivity contribution in [2.45, 2.75) is 5.66 Å². The zero-order valence-electron chi connectivity index (χ0n) is 6.33. The van der Waals surface area contributed by atoms with Crippen LogP contribution in [0.1, 0.15) is 11.2 Å². The molecule has 0 bridgehead atoms. The van der Waals surface area contributed by atoms with Crippen molar-refractivity contribution in [1.82, 2.24) is 0 Å². The van der Waals surface area contributed by atoms with Crippen molar-refractivity contribution in [1.29, 1.82) is 0 Å². The van der Waals surface area contributed by atoms with Gasteiger partial charge in [-0.05, 0) is 17.7 Å². The van der Waals surface area contributed by atoms with E-state index in [9.17, 15) is 9.18 Å². The molecule has 0 fully saturated rings. The summed E-state index contributed by atoms with van der Waals surface area (Å²) in [5, 5.41) is 0. The summed E-state index contributed by atoms with van der Waals surface area (Å²) in [4.78, 5) is 10.7. The second kappa shape index (κ2) is 3.63. The van der Waals surface area contributed by atoms with Gasteiger partial charge in [-0.1, -0.05) is 12.1 Å². The van der Waals surface area contributed by atoms with E-state index < -0.39 is 11.6 Å². The molecule has 1 aromatic carbocycles. The molecule has 0 saturated heterocycles. The zero-order chi connectivity index (χ0) is 9.14. The number of hydrogen-bond donors (Lipinski definition) is 1. The molecule has 0 aliphatic rings. The zero-order valence-corrected chi connectivity index (χ0v) is 7.48. The van der Waals surface area contributed by atoms with Crippen LogP contribution in [0.15, 0.2) is 24.3 Å². The summed E-state index contributed by atoms with van der Waals surface area (Å²) in [6.45, 7) is 0. The van der Waals surface area contributed by atoms with Crippen LogP contribution in [0.2, 0.25) is 0 Å². The van der Waals surface area contributed by atoms with Crippen molar-refractivity contribution in [3.63, 3.8) is 0 Å². The van der Waals surface area contributed by atoms with Gasteiger partial charge in [0.1, 0.15) is 5.82 Å². The van der Waals surface area contributed by atoms with Gasteiger partial charge in [0, 0.05) is 0 Å². The summed E-state index contributed by atoms with van der Waals surface area (Å²) in [6.07, 6.45) is 0. The van der Waals surface area contributed by atoms with Gasteiger partial charge in [0.15, 0.2) is 0 Å². The van der Waals surface area contributed by atoms with Crippen molar-refractivity contribution < 1.29 is 9.18 Å². The molecule has 1 aromatic rings. The molecule has 2 N–H and O–H groups in total. The average Bonchev–Trinajstić information content (AvgIpc) is 2.04. The van der Waals surface area contributed by atoms with Gasteiger partial charge in [-0.3, -0.25) is 4.79 Å². The fourth-order valence-electron chi connectivity index (χ4n) is 0.834. The Morgan fingerprint density at radius 2 is 1.92 bits per heavy atom. The number of carbonyl (C=O) groups is 1. The topological polar surface area (TPSA) is 43.1 Å². The highest BCUT2D eigenvalue weighted by Gasteiger charge is 2.10. The molecule has 12 heavy (non-hydrogen) atoms. The number of rotatable bonds is 2. The predicted octanol–water partition coefficient (Wildman–Crippen LogP) is 1.23. The van der Waals surface area contributed by atoms with E-state index in [1.165, 1.54) is 24.3 Å². The number of amides is 1. The van der Waals surface area contributed by atoms with E-state index in [1.807, 2.05) is 0 Å². The molecule has 0 aliphatic carbocycles. The maximum Gasteiger partial charge on any atom is 0.228 e. The molecule has 1 rings (SSSR count). The fraction of sp³-hybridized carbons (Fsp3) is 0.125.